The summed E-state index contributed by atoms with van der Waals surface area (Å²) in [6.07, 6.45) is 1.81. The first-order chi connectivity index (χ1) is 7.58. The summed E-state index contributed by atoms with van der Waals surface area (Å²) in [4.78, 5) is 0. The summed E-state index contributed by atoms with van der Waals surface area (Å²) in [6, 6.07) is 5.95. The van der Waals surface area contributed by atoms with Gasteiger partial charge >= 0.3 is 0 Å². The fourth-order valence-corrected chi connectivity index (χ4v) is 1.86. The Morgan fingerprint density at radius 2 is 2.25 bits per heavy atom. The first kappa shape index (κ1) is 13.2. The molecule has 1 atom stereocenters. The van der Waals surface area contributed by atoms with Crippen LogP contribution in [0.1, 0.15) is 36.9 Å². The number of rotatable bonds is 5. The summed E-state index contributed by atoms with van der Waals surface area (Å²) < 4.78 is 0. The summed E-state index contributed by atoms with van der Waals surface area (Å²) in [5, 5.41) is 0.739. The Bertz CT molecular complexity index is 374. The number of nitrogens with one attached hydrogen (secondary N) is 1. The molecule has 1 rings (SSSR count). The molecule has 0 aliphatic heterocycles. The normalized spacial score (nSPS) is 12.5. The van der Waals surface area contributed by atoms with Gasteiger partial charge in [-0.3, -0.25) is 11.3 Å². The minimum absolute atomic E-state index is 0.0890. The minimum atomic E-state index is 0.0890. The number of hydrogen-bond donors (Lipinski definition) is 2. The largest absolute Gasteiger partial charge is 0.271 e. The van der Waals surface area contributed by atoms with Crippen molar-refractivity contribution in [2.45, 2.75) is 32.7 Å². The lowest BCUT2D eigenvalue weighted by Crippen LogP contribution is -2.28. The van der Waals surface area contributed by atoms with E-state index in [0.29, 0.717) is 0 Å². The fourth-order valence-electron chi connectivity index (χ4n) is 1.68. The summed E-state index contributed by atoms with van der Waals surface area (Å²) in [5.41, 5.74) is 6.35. The average molecular weight is 239 g/mol. The number of hydrogen-bond acceptors (Lipinski definition) is 2. The van der Waals surface area contributed by atoms with Crippen LogP contribution in [0.3, 0.4) is 0 Å². The third-order valence-corrected chi connectivity index (χ3v) is 3.05. The fraction of sp³-hybridized carbons (Fsp3) is 0.385. The van der Waals surface area contributed by atoms with Crippen LogP contribution in [0.2, 0.25) is 5.02 Å². The van der Waals surface area contributed by atoms with Crippen LogP contribution in [0.4, 0.5) is 0 Å². The summed E-state index contributed by atoms with van der Waals surface area (Å²) in [6.45, 7) is 8.17. The third kappa shape index (κ3) is 3.34. The van der Waals surface area contributed by atoms with Crippen molar-refractivity contribution >= 4 is 11.6 Å². The van der Waals surface area contributed by atoms with Gasteiger partial charge in [-0.25, -0.2) is 0 Å². The quantitative estimate of drug-likeness (QED) is 0.468. The molecular formula is C13H19ClN2. The van der Waals surface area contributed by atoms with Crippen LogP contribution in [0.25, 0.3) is 0 Å². The molecule has 0 bridgehead atoms. The Hall–Kier alpha value is -0.830. The predicted molar refractivity (Wildman–Crippen MR) is 70.3 cm³/mol. The van der Waals surface area contributed by atoms with Gasteiger partial charge in [0.15, 0.2) is 0 Å². The molecule has 0 heterocycles. The maximum Gasteiger partial charge on any atom is 0.0500 e. The van der Waals surface area contributed by atoms with Gasteiger partial charge in [-0.2, -0.15) is 0 Å². The highest BCUT2D eigenvalue weighted by Gasteiger charge is 2.13. The van der Waals surface area contributed by atoms with Gasteiger partial charge in [0.25, 0.3) is 0 Å². The topological polar surface area (TPSA) is 38.0 Å². The van der Waals surface area contributed by atoms with Gasteiger partial charge in [0.1, 0.15) is 0 Å². The zero-order chi connectivity index (χ0) is 12.1. The van der Waals surface area contributed by atoms with Crippen LogP contribution in [0.5, 0.6) is 0 Å². The molecule has 1 aromatic rings. The lowest BCUT2D eigenvalue weighted by Gasteiger charge is -2.19. The molecule has 16 heavy (non-hydrogen) atoms. The molecule has 0 fully saturated rings. The third-order valence-electron chi connectivity index (χ3n) is 2.81. The molecule has 0 amide bonds. The minimum Gasteiger partial charge on any atom is -0.271 e. The van der Waals surface area contributed by atoms with E-state index in [4.69, 9.17) is 17.4 Å². The van der Waals surface area contributed by atoms with Crippen molar-refractivity contribution in [3.63, 3.8) is 0 Å². The molecule has 0 spiro atoms. The van der Waals surface area contributed by atoms with Crippen LogP contribution in [-0.2, 0) is 0 Å². The smallest absolute Gasteiger partial charge is 0.0500 e. The van der Waals surface area contributed by atoms with E-state index < -0.39 is 0 Å². The molecule has 0 saturated carbocycles. The van der Waals surface area contributed by atoms with E-state index >= 15 is 0 Å². The number of nitrogens with two attached hydrogens (primary N) is 1. The first-order valence-corrected chi connectivity index (χ1v) is 5.85. The predicted octanol–water partition coefficient (Wildman–Crippen LogP) is 3.51. The van der Waals surface area contributed by atoms with Crippen molar-refractivity contribution in [2.75, 3.05) is 0 Å². The van der Waals surface area contributed by atoms with Crippen molar-refractivity contribution in [3.8, 4) is 0 Å². The average Bonchev–Trinajstić information content (AvgIpc) is 2.29. The van der Waals surface area contributed by atoms with Crippen molar-refractivity contribution < 1.29 is 0 Å². The highest BCUT2D eigenvalue weighted by molar-refractivity contribution is 6.30. The Kier molecular flexibility index (Phi) is 5.00. The van der Waals surface area contributed by atoms with Gasteiger partial charge in [0.05, 0.1) is 0 Å². The van der Waals surface area contributed by atoms with E-state index in [9.17, 15) is 0 Å². The summed E-state index contributed by atoms with van der Waals surface area (Å²) in [7, 11) is 0. The van der Waals surface area contributed by atoms with Crippen LogP contribution in [0, 0.1) is 6.92 Å². The van der Waals surface area contributed by atoms with Gasteiger partial charge in [0, 0.05) is 11.1 Å². The van der Waals surface area contributed by atoms with E-state index in [1.54, 1.807) is 0 Å². The maximum atomic E-state index is 6.00. The molecular weight excluding hydrogens is 220 g/mol. The standard InChI is InChI=1S/C13H19ClN2/c1-4-9(2)7-13(16-15)12-8-11(14)6-5-10(12)3/h5-6,8,13,16H,2,4,7,15H2,1,3H3. The highest BCUT2D eigenvalue weighted by atomic mass is 35.5. The number of halogens is 1. The van der Waals surface area contributed by atoms with Crippen molar-refractivity contribution in [2.24, 2.45) is 5.84 Å². The van der Waals surface area contributed by atoms with Gasteiger partial charge in [0.2, 0.25) is 0 Å². The second kappa shape index (κ2) is 6.04. The Balaban J connectivity index is 2.94. The van der Waals surface area contributed by atoms with E-state index in [1.807, 2.05) is 18.2 Å². The number of aryl methyl sites for hydroxylation is 1. The van der Waals surface area contributed by atoms with Crippen LogP contribution < -0.4 is 11.3 Å². The molecule has 0 saturated heterocycles. The molecule has 3 heteroatoms. The van der Waals surface area contributed by atoms with E-state index in [-0.39, 0.29) is 6.04 Å². The number of hydrazine groups is 1. The van der Waals surface area contributed by atoms with Crippen LogP contribution >= 0.6 is 11.6 Å². The molecule has 0 aromatic heterocycles. The molecule has 88 valence electrons. The van der Waals surface area contributed by atoms with E-state index in [0.717, 1.165) is 23.4 Å². The summed E-state index contributed by atoms with van der Waals surface area (Å²) >= 11 is 6.00. The van der Waals surface area contributed by atoms with Gasteiger partial charge < -0.3 is 0 Å². The Morgan fingerprint density at radius 3 is 2.81 bits per heavy atom. The molecule has 1 unspecified atom stereocenters. The zero-order valence-corrected chi connectivity index (χ0v) is 10.6. The monoisotopic (exact) mass is 238 g/mol. The molecule has 0 radical (unpaired) electrons. The maximum absolute atomic E-state index is 6.00. The summed E-state index contributed by atoms with van der Waals surface area (Å²) in [5.74, 6) is 5.59. The Morgan fingerprint density at radius 1 is 1.56 bits per heavy atom. The second-order valence-electron chi connectivity index (χ2n) is 4.03. The van der Waals surface area contributed by atoms with Crippen LogP contribution in [-0.4, -0.2) is 0 Å². The van der Waals surface area contributed by atoms with Crippen molar-refractivity contribution in [3.05, 3.63) is 46.5 Å². The number of benzene rings is 1. The van der Waals surface area contributed by atoms with Gasteiger partial charge in [-0.15, -0.1) is 0 Å². The first-order valence-electron chi connectivity index (χ1n) is 5.47. The van der Waals surface area contributed by atoms with E-state index in [1.165, 1.54) is 11.1 Å². The molecule has 0 aliphatic carbocycles. The van der Waals surface area contributed by atoms with Crippen molar-refractivity contribution in [1.82, 2.24) is 5.43 Å². The molecule has 1 aromatic carbocycles. The molecule has 2 nitrogen and oxygen atoms in total. The van der Waals surface area contributed by atoms with Gasteiger partial charge in [-0.1, -0.05) is 36.7 Å². The molecule has 3 N–H and O–H groups in total. The second-order valence-corrected chi connectivity index (χ2v) is 4.46. The Labute approximate surface area is 102 Å². The van der Waals surface area contributed by atoms with Crippen molar-refractivity contribution in [1.29, 1.82) is 0 Å². The van der Waals surface area contributed by atoms with Gasteiger partial charge in [-0.05, 0) is 43.0 Å². The molecule has 0 aliphatic rings. The lowest BCUT2D eigenvalue weighted by atomic mass is 9.95. The lowest BCUT2D eigenvalue weighted by molar-refractivity contribution is 0.542. The van der Waals surface area contributed by atoms with E-state index in [2.05, 4.69) is 25.9 Å². The van der Waals surface area contributed by atoms with Crippen LogP contribution in [0.15, 0.2) is 30.4 Å². The zero-order valence-electron chi connectivity index (χ0n) is 9.89. The SMILES string of the molecule is C=C(CC)CC(NN)c1cc(Cl)ccc1C. The highest BCUT2D eigenvalue weighted by Crippen LogP contribution is 2.26.